The monoisotopic (exact) mass is 300 g/mol. The van der Waals surface area contributed by atoms with Crippen molar-refractivity contribution in [1.82, 2.24) is 4.72 Å². The highest BCUT2D eigenvalue weighted by Gasteiger charge is 2.27. The van der Waals surface area contributed by atoms with E-state index in [1.807, 2.05) is 0 Å². The van der Waals surface area contributed by atoms with E-state index in [0.29, 0.717) is 5.56 Å². The largest absolute Gasteiger partial charge is 0.389 e. The van der Waals surface area contributed by atoms with E-state index in [0.717, 1.165) is 0 Å². The summed E-state index contributed by atoms with van der Waals surface area (Å²) < 4.78 is 26.5. The molecule has 0 aliphatic heterocycles. The molecule has 0 aromatic heterocycles. The molecule has 1 atom stereocenters. The average molecular weight is 300 g/mol. The lowest BCUT2D eigenvalue weighted by molar-refractivity contribution is -0.125. The van der Waals surface area contributed by atoms with Crippen LogP contribution in [0.5, 0.6) is 0 Å². The van der Waals surface area contributed by atoms with Crippen LogP contribution >= 0.6 is 0 Å². The molecule has 112 valence electrons. The van der Waals surface area contributed by atoms with Crippen molar-refractivity contribution in [3.8, 4) is 0 Å². The molecule has 0 aliphatic carbocycles. The molecule has 1 aromatic rings. The van der Waals surface area contributed by atoms with Crippen molar-refractivity contribution in [1.29, 1.82) is 0 Å². The smallest absolute Gasteiger partial charge is 0.240 e. The topological polar surface area (TPSA) is 109 Å². The summed E-state index contributed by atoms with van der Waals surface area (Å²) in [4.78, 5) is 11.2. The molecule has 20 heavy (non-hydrogen) atoms. The van der Waals surface area contributed by atoms with E-state index in [1.54, 1.807) is 32.9 Å². The second-order valence-corrected chi connectivity index (χ2v) is 7.08. The van der Waals surface area contributed by atoms with Crippen molar-refractivity contribution in [2.45, 2.75) is 31.8 Å². The maximum absolute atomic E-state index is 12.1. The highest BCUT2D eigenvalue weighted by atomic mass is 32.2. The average Bonchev–Trinajstić information content (AvgIpc) is 2.36. The van der Waals surface area contributed by atoms with Crippen LogP contribution in [0.2, 0.25) is 0 Å². The minimum absolute atomic E-state index is 0.0715. The summed E-state index contributed by atoms with van der Waals surface area (Å²) >= 11 is 0. The van der Waals surface area contributed by atoms with Gasteiger partial charge in [0, 0.05) is 6.54 Å². The van der Waals surface area contributed by atoms with Crippen LogP contribution in [0.3, 0.4) is 0 Å². The third kappa shape index (κ3) is 4.03. The SMILES string of the molecule is CC(O)c1ccc(S(=O)(=O)NCC(C)(C)C(N)=O)cc1. The van der Waals surface area contributed by atoms with E-state index >= 15 is 0 Å². The van der Waals surface area contributed by atoms with Gasteiger partial charge in [-0.1, -0.05) is 12.1 Å². The third-order valence-corrected chi connectivity index (χ3v) is 4.46. The Kier molecular flexibility index (Phi) is 4.90. The second kappa shape index (κ2) is 5.90. The van der Waals surface area contributed by atoms with Gasteiger partial charge in [-0.05, 0) is 38.5 Å². The van der Waals surface area contributed by atoms with Crippen LogP contribution in [0.1, 0.15) is 32.4 Å². The number of aliphatic hydroxyl groups excluding tert-OH is 1. The van der Waals surface area contributed by atoms with Gasteiger partial charge >= 0.3 is 0 Å². The summed E-state index contributed by atoms with van der Waals surface area (Å²) in [7, 11) is -3.71. The molecule has 0 saturated heterocycles. The summed E-state index contributed by atoms with van der Waals surface area (Å²) in [5.41, 5.74) is 4.85. The zero-order valence-corrected chi connectivity index (χ0v) is 12.6. The Morgan fingerprint density at radius 3 is 2.25 bits per heavy atom. The zero-order chi connectivity index (χ0) is 15.6. The first-order chi connectivity index (χ1) is 9.06. The third-order valence-electron chi connectivity index (χ3n) is 3.04. The van der Waals surface area contributed by atoms with E-state index in [2.05, 4.69) is 4.72 Å². The molecule has 0 fully saturated rings. The molecule has 0 bridgehead atoms. The number of carbonyl (C=O) groups excluding carboxylic acids is 1. The van der Waals surface area contributed by atoms with Gasteiger partial charge in [0.05, 0.1) is 16.4 Å². The molecule has 6 nitrogen and oxygen atoms in total. The lowest BCUT2D eigenvalue weighted by Gasteiger charge is -2.20. The van der Waals surface area contributed by atoms with Crippen molar-refractivity contribution in [2.24, 2.45) is 11.1 Å². The van der Waals surface area contributed by atoms with E-state index in [-0.39, 0.29) is 11.4 Å². The molecule has 1 unspecified atom stereocenters. The van der Waals surface area contributed by atoms with Gasteiger partial charge in [0.1, 0.15) is 0 Å². The Bertz CT molecular complexity index is 577. The minimum Gasteiger partial charge on any atom is -0.389 e. The fourth-order valence-electron chi connectivity index (χ4n) is 1.37. The van der Waals surface area contributed by atoms with Crippen molar-refractivity contribution >= 4 is 15.9 Å². The first-order valence-corrected chi connectivity index (χ1v) is 7.62. The summed E-state index contributed by atoms with van der Waals surface area (Å²) in [5, 5.41) is 9.37. The first-order valence-electron chi connectivity index (χ1n) is 6.14. The van der Waals surface area contributed by atoms with Gasteiger partial charge < -0.3 is 10.8 Å². The van der Waals surface area contributed by atoms with Crippen molar-refractivity contribution in [3.63, 3.8) is 0 Å². The van der Waals surface area contributed by atoms with Gasteiger partial charge in [-0.3, -0.25) is 4.79 Å². The molecule has 1 rings (SSSR count). The highest BCUT2D eigenvalue weighted by molar-refractivity contribution is 7.89. The minimum atomic E-state index is -3.71. The molecular weight excluding hydrogens is 280 g/mol. The van der Waals surface area contributed by atoms with Crippen molar-refractivity contribution in [3.05, 3.63) is 29.8 Å². The van der Waals surface area contributed by atoms with E-state index in [1.165, 1.54) is 12.1 Å². The Labute approximate surface area is 119 Å². The van der Waals surface area contributed by atoms with Crippen molar-refractivity contribution < 1.29 is 18.3 Å². The summed E-state index contributed by atoms with van der Waals surface area (Å²) in [6.45, 7) is 4.64. The number of aliphatic hydroxyl groups is 1. The maximum Gasteiger partial charge on any atom is 0.240 e. The van der Waals surface area contributed by atoms with Crippen LogP contribution < -0.4 is 10.5 Å². The molecule has 1 amide bonds. The number of hydrogen-bond acceptors (Lipinski definition) is 4. The number of sulfonamides is 1. The number of benzene rings is 1. The first kappa shape index (κ1) is 16.6. The quantitative estimate of drug-likeness (QED) is 0.711. The highest BCUT2D eigenvalue weighted by Crippen LogP contribution is 2.17. The van der Waals surface area contributed by atoms with E-state index in [4.69, 9.17) is 5.73 Å². The van der Waals surface area contributed by atoms with Crippen molar-refractivity contribution in [2.75, 3.05) is 6.54 Å². The summed E-state index contributed by atoms with van der Waals surface area (Å²) in [6.07, 6.45) is -0.659. The number of rotatable bonds is 6. The number of nitrogens with one attached hydrogen (secondary N) is 1. The molecule has 0 aliphatic rings. The predicted molar refractivity (Wildman–Crippen MR) is 75.2 cm³/mol. The zero-order valence-electron chi connectivity index (χ0n) is 11.8. The van der Waals surface area contributed by atoms with Crippen LogP contribution in [0.15, 0.2) is 29.2 Å². The lowest BCUT2D eigenvalue weighted by Crippen LogP contribution is -2.42. The number of nitrogens with two attached hydrogens (primary N) is 1. The lowest BCUT2D eigenvalue weighted by atomic mass is 9.93. The molecule has 0 saturated carbocycles. The molecule has 4 N–H and O–H groups in total. The maximum atomic E-state index is 12.1. The molecule has 0 heterocycles. The normalized spacial score (nSPS) is 14.0. The van der Waals surface area contributed by atoms with Gasteiger partial charge in [-0.2, -0.15) is 0 Å². The Balaban J connectivity index is 2.87. The van der Waals surface area contributed by atoms with E-state index < -0.39 is 27.4 Å². The van der Waals surface area contributed by atoms with Crippen LogP contribution in [0.25, 0.3) is 0 Å². The van der Waals surface area contributed by atoms with Gasteiger partial charge in [-0.25, -0.2) is 13.1 Å². The number of amides is 1. The van der Waals surface area contributed by atoms with Crippen LogP contribution in [0, 0.1) is 5.41 Å². The summed E-state index contributed by atoms with van der Waals surface area (Å²) in [6, 6.07) is 5.89. The standard InChI is InChI=1S/C13H20N2O4S/c1-9(16)10-4-6-11(7-5-10)20(18,19)15-8-13(2,3)12(14)17/h4-7,9,15-16H,8H2,1-3H3,(H2,14,17). The Hall–Kier alpha value is -1.44. The molecule has 0 spiro atoms. The van der Waals surface area contributed by atoms with Crippen LogP contribution in [0.4, 0.5) is 0 Å². The predicted octanol–water partition coefficient (Wildman–Crippen LogP) is 0.530. The second-order valence-electron chi connectivity index (χ2n) is 5.32. The number of carbonyl (C=O) groups is 1. The Morgan fingerprint density at radius 1 is 1.35 bits per heavy atom. The van der Waals surface area contributed by atoms with Crippen LogP contribution in [-0.2, 0) is 14.8 Å². The Morgan fingerprint density at radius 2 is 1.85 bits per heavy atom. The van der Waals surface area contributed by atoms with Gasteiger partial charge in [0.15, 0.2) is 0 Å². The van der Waals surface area contributed by atoms with Gasteiger partial charge in [0.25, 0.3) is 0 Å². The number of primary amides is 1. The molecule has 7 heteroatoms. The van der Waals surface area contributed by atoms with Crippen LogP contribution in [-0.4, -0.2) is 26.0 Å². The number of hydrogen-bond donors (Lipinski definition) is 3. The molecular formula is C13H20N2O4S. The fourth-order valence-corrected chi connectivity index (χ4v) is 2.58. The van der Waals surface area contributed by atoms with Gasteiger partial charge in [-0.15, -0.1) is 0 Å². The van der Waals surface area contributed by atoms with Gasteiger partial charge in [0.2, 0.25) is 15.9 Å². The fraction of sp³-hybridized carbons (Fsp3) is 0.462. The molecule has 1 aromatic carbocycles. The van der Waals surface area contributed by atoms with E-state index in [9.17, 15) is 18.3 Å². The molecule has 0 radical (unpaired) electrons. The summed E-state index contributed by atoms with van der Waals surface area (Å²) in [5.74, 6) is -0.579.